The average Bonchev–Trinajstić information content (AvgIpc) is 3.08. The molecule has 1 saturated heterocycles. The van der Waals surface area contributed by atoms with Gasteiger partial charge < -0.3 is 10.1 Å². The Labute approximate surface area is 151 Å². The molecule has 2 aromatic carbocycles. The van der Waals surface area contributed by atoms with E-state index in [1.165, 1.54) is 22.5 Å². The Balaban J connectivity index is 1.45. The molecule has 0 aliphatic carbocycles. The van der Waals surface area contributed by atoms with Crippen molar-refractivity contribution in [1.29, 1.82) is 0 Å². The van der Waals surface area contributed by atoms with Crippen LogP contribution in [0, 0.1) is 5.82 Å². The van der Waals surface area contributed by atoms with Gasteiger partial charge >= 0.3 is 5.97 Å². The summed E-state index contributed by atoms with van der Waals surface area (Å²) in [6.07, 6.45) is 4.18. The first kappa shape index (κ1) is 16.8. The molecule has 0 bridgehead atoms. The number of likely N-dealkylation sites (tertiary alicyclic amines) is 1. The lowest BCUT2D eigenvalue weighted by atomic mass is 9.89. The zero-order chi connectivity index (χ0) is 18.1. The largest absolute Gasteiger partial charge is 0.478 e. The summed E-state index contributed by atoms with van der Waals surface area (Å²) in [4.78, 5) is 17.0. The lowest BCUT2D eigenvalue weighted by Gasteiger charge is -2.32. The fourth-order valence-electron chi connectivity index (χ4n) is 3.96. The lowest BCUT2D eigenvalue weighted by Crippen LogP contribution is -2.33. The second-order valence-electron chi connectivity index (χ2n) is 6.95. The molecule has 0 spiro atoms. The van der Waals surface area contributed by atoms with E-state index < -0.39 is 11.8 Å². The predicted octanol–water partition coefficient (Wildman–Crippen LogP) is 4.38. The Bertz CT molecular complexity index is 942. The molecule has 1 aliphatic heterocycles. The van der Waals surface area contributed by atoms with Crippen LogP contribution in [-0.2, 0) is 6.54 Å². The summed E-state index contributed by atoms with van der Waals surface area (Å²) in [5, 5.41) is 10.6. The van der Waals surface area contributed by atoms with E-state index in [1.54, 1.807) is 6.07 Å². The van der Waals surface area contributed by atoms with E-state index in [0.717, 1.165) is 32.0 Å². The van der Waals surface area contributed by atoms with Crippen molar-refractivity contribution in [2.24, 2.45) is 0 Å². The number of rotatable bonds is 4. The SMILES string of the molecule is O=C(O)c1cc(F)ccc1CN1CCC(c2c[nH]c3ccccc23)CC1. The van der Waals surface area contributed by atoms with Crippen LogP contribution in [0.3, 0.4) is 0 Å². The van der Waals surface area contributed by atoms with Crippen molar-refractivity contribution in [2.75, 3.05) is 13.1 Å². The summed E-state index contributed by atoms with van der Waals surface area (Å²) >= 11 is 0. The molecule has 4 rings (SSSR count). The Morgan fingerprint density at radius 3 is 2.73 bits per heavy atom. The molecular weight excluding hydrogens is 331 g/mol. The fourth-order valence-corrected chi connectivity index (χ4v) is 3.96. The molecule has 26 heavy (non-hydrogen) atoms. The minimum Gasteiger partial charge on any atom is -0.478 e. The summed E-state index contributed by atoms with van der Waals surface area (Å²) in [6.45, 7) is 2.35. The highest BCUT2D eigenvalue weighted by atomic mass is 19.1. The number of para-hydroxylation sites is 1. The van der Waals surface area contributed by atoms with Gasteiger partial charge in [0.2, 0.25) is 0 Å². The molecule has 5 heteroatoms. The zero-order valence-electron chi connectivity index (χ0n) is 14.4. The summed E-state index contributed by atoms with van der Waals surface area (Å²) < 4.78 is 13.3. The topological polar surface area (TPSA) is 56.3 Å². The first-order valence-electron chi connectivity index (χ1n) is 8.92. The van der Waals surface area contributed by atoms with Crippen LogP contribution in [0.25, 0.3) is 10.9 Å². The molecule has 3 aromatic rings. The molecule has 0 amide bonds. The summed E-state index contributed by atoms with van der Waals surface area (Å²) in [6, 6.07) is 12.4. The number of hydrogen-bond acceptors (Lipinski definition) is 2. The third kappa shape index (κ3) is 3.22. The number of carboxylic acid groups (broad SMARTS) is 1. The van der Waals surface area contributed by atoms with E-state index in [2.05, 4.69) is 34.3 Å². The molecule has 0 radical (unpaired) electrons. The van der Waals surface area contributed by atoms with Crippen LogP contribution in [0.5, 0.6) is 0 Å². The Morgan fingerprint density at radius 2 is 1.96 bits per heavy atom. The summed E-state index contributed by atoms with van der Waals surface area (Å²) in [5.41, 5.74) is 3.27. The van der Waals surface area contributed by atoms with E-state index in [4.69, 9.17) is 0 Å². The highest BCUT2D eigenvalue weighted by Crippen LogP contribution is 2.33. The number of piperidine rings is 1. The average molecular weight is 352 g/mol. The van der Waals surface area contributed by atoms with Crippen molar-refractivity contribution < 1.29 is 14.3 Å². The van der Waals surface area contributed by atoms with Gasteiger partial charge in [-0.2, -0.15) is 0 Å². The van der Waals surface area contributed by atoms with Gasteiger partial charge in [-0.25, -0.2) is 9.18 Å². The number of benzene rings is 2. The van der Waals surface area contributed by atoms with Crippen LogP contribution in [0.4, 0.5) is 4.39 Å². The number of H-pyrrole nitrogens is 1. The van der Waals surface area contributed by atoms with Gasteiger partial charge in [0.05, 0.1) is 5.56 Å². The summed E-state index contributed by atoms with van der Waals surface area (Å²) in [5.74, 6) is -1.08. The molecule has 0 saturated carbocycles. The van der Waals surface area contributed by atoms with Gasteiger partial charge in [0, 0.05) is 23.6 Å². The van der Waals surface area contributed by atoms with Crippen molar-refractivity contribution in [3.63, 3.8) is 0 Å². The third-order valence-corrected chi connectivity index (χ3v) is 5.34. The molecule has 1 aliphatic rings. The normalized spacial score (nSPS) is 16.2. The van der Waals surface area contributed by atoms with Crippen molar-refractivity contribution in [3.05, 3.63) is 71.2 Å². The van der Waals surface area contributed by atoms with E-state index >= 15 is 0 Å². The molecule has 1 fully saturated rings. The van der Waals surface area contributed by atoms with E-state index in [1.807, 2.05) is 6.07 Å². The van der Waals surface area contributed by atoms with Gasteiger partial charge in [0.1, 0.15) is 5.82 Å². The first-order valence-corrected chi connectivity index (χ1v) is 8.92. The molecule has 0 atom stereocenters. The smallest absolute Gasteiger partial charge is 0.336 e. The number of nitrogens with zero attached hydrogens (tertiary/aromatic N) is 1. The number of carbonyl (C=O) groups is 1. The number of halogens is 1. The van der Waals surface area contributed by atoms with E-state index in [9.17, 15) is 14.3 Å². The Hall–Kier alpha value is -2.66. The standard InChI is InChI=1S/C21H21FN2O2/c22-16-6-5-15(18(11-16)21(25)26)13-24-9-7-14(8-10-24)19-12-23-20-4-2-1-3-17(19)20/h1-6,11-12,14,23H,7-10,13H2,(H,25,26). The zero-order valence-corrected chi connectivity index (χ0v) is 14.4. The number of aromatic carboxylic acids is 1. The van der Waals surface area contributed by atoms with Gasteiger partial charge in [-0.1, -0.05) is 24.3 Å². The second kappa shape index (κ2) is 6.92. The van der Waals surface area contributed by atoms with Crippen LogP contribution >= 0.6 is 0 Å². The molecule has 2 N–H and O–H groups in total. The lowest BCUT2D eigenvalue weighted by molar-refractivity contribution is 0.0693. The fraction of sp³-hybridized carbons (Fsp3) is 0.286. The van der Waals surface area contributed by atoms with Gasteiger partial charge in [-0.15, -0.1) is 0 Å². The number of nitrogens with one attached hydrogen (secondary N) is 1. The molecule has 4 nitrogen and oxygen atoms in total. The number of aromatic nitrogens is 1. The highest BCUT2D eigenvalue weighted by Gasteiger charge is 2.24. The Morgan fingerprint density at radius 1 is 1.19 bits per heavy atom. The van der Waals surface area contributed by atoms with Gasteiger partial charge in [0.15, 0.2) is 0 Å². The first-order chi connectivity index (χ1) is 12.6. The van der Waals surface area contributed by atoms with Crippen LogP contribution in [0.1, 0.15) is 40.2 Å². The van der Waals surface area contributed by atoms with Crippen LogP contribution < -0.4 is 0 Å². The van der Waals surface area contributed by atoms with Crippen molar-refractivity contribution in [2.45, 2.75) is 25.3 Å². The van der Waals surface area contributed by atoms with Crippen LogP contribution in [0.2, 0.25) is 0 Å². The Kier molecular flexibility index (Phi) is 4.47. The molecule has 2 heterocycles. The quantitative estimate of drug-likeness (QED) is 0.732. The maximum absolute atomic E-state index is 13.3. The maximum atomic E-state index is 13.3. The van der Waals surface area contributed by atoms with Crippen LogP contribution in [0.15, 0.2) is 48.7 Å². The summed E-state index contributed by atoms with van der Waals surface area (Å²) in [7, 11) is 0. The van der Waals surface area contributed by atoms with E-state index in [0.29, 0.717) is 18.0 Å². The minimum atomic E-state index is -1.08. The molecular formula is C21H21FN2O2. The number of fused-ring (bicyclic) bond motifs is 1. The third-order valence-electron chi connectivity index (χ3n) is 5.34. The van der Waals surface area contributed by atoms with Crippen molar-refractivity contribution in [1.82, 2.24) is 9.88 Å². The van der Waals surface area contributed by atoms with Gasteiger partial charge in [-0.3, -0.25) is 4.90 Å². The number of hydrogen-bond donors (Lipinski definition) is 2. The second-order valence-corrected chi connectivity index (χ2v) is 6.95. The van der Waals surface area contributed by atoms with Crippen LogP contribution in [-0.4, -0.2) is 34.0 Å². The molecule has 0 unspecified atom stereocenters. The highest BCUT2D eigenvalue weighted by molar-refractivity contribution is 5.89. The minimum absolute atomic E-state index is 0.0590. The maximum Gasteiger partial charge on any atom is 0.336 e. The van der Waals surface area contributed by atoms with Gasteiger partial charge in [0.25, 0.3) is 0 Å². The monoisotopic (exact) mass is 352 g/mol. The molecule has 1 aromatic heterocycles. The van der Waals surface area contributed by atoms with Crippen molar-refractivity contribution in [3.8, 4) is 0 Å². The predicted molar refractivity (Wildman–Crippen MR) is 98.9 cm³/mol. The van der Waals surface area contributed by atoms with E-state index in [-0.39, 0.29) is 5.56 Å². The number of carboxylic acids is 1. The molecule has 134 valence electrons. The number of aromatic amines is 1. The van der Waals surface area contributed by atoms with Gasteiger partial charge in [-0.05, 0) is 61.2 Å². The van der Waals surface area contributed by atoms with Crippen molar-refractivity contribution >= 4 is 16.9 Å².